The molecule has 0 atom stereocenters. The van der Waals surface area contributed by atoms with Crippen LogP contribution in [0.1, 0.15) is 22.6 Å². The van der Waals surface area contributed by atoms with Gasteiger partial charge in [-0.1, -0.05) is 6.07 Å². The highest BCUT2D eigenvalue weighted by molar-refractivity contribution is 5.70. The van der Waals surface area contributed by atoms with Crippen LogP contribution in [0.4, 0.5) is 0 Å². The maximum absolute atomic E-state index is 9.21. The normalized spacial score (nSPS) is 10.6. The van der Waals surface area contributed by atoms with Crippen molar-refractivity contribution in [2.75, 3.05) is 7.11 Å². The lowest BCUT2D eigenvalue weighted by atomic mass is 10.0. The van der Waals surface area contributed by atoms with Gasteiger partial charge in [0.1, 0.15) is 12.4 Å². The van der Waals surface area contributed by atoms with Crippen molar-refractivity contribution in [3.05, 3.63) is 40.8 Å². The molecule has 4 heteroatoms. The van der Waals surface area contributed by atoms with Crippen molar-refractivity contribution in [3.63, 3.8) is 0 Å². The number of benzene rings is 1. The number of hydrogen-bond donors (Lipinski definition) is 1. The predicted octanol–water partition coefficient (Wildman–Crippen LogP) is 2.57. The Kier molecular flexibility index (Phi) is 3.81. The van der Waals surface area contributed by atoms with Crippen molar-refractivity contribution in [3.8, 4) is 17.0 Å². The standard InChI is InChI=1S/C15H18N2O2/c1-9-5-10(2)15(19-4)12(6-9)13-7-11(3)16-14(8-18)17-13/h5-7,18H,8H2,1-4H3. The number of aliphatic hydroxyl groups is 1. The van der Waals surface area contributed by atoms with Crippen LogP contribution >= 0.6 is 0 Å². The van der Waals surface area contributed by atoms with E-state index in [0.29, 0.717) is 5.82 Å². The quantitative estimate of drug-likeness (QED) is 0.919. The molecule has 0 aliphatic rings. The average molecular weight is 258 g/mol. The van der Waals surface area contributed by atoms with Gasteiger partial charge < -0.3 is 9.84 Å². The molecule has 1 aromatic carbocycles. The van der Waals surface area contributed by atoms with E-state index in [0.717, 1.165) is 33.8 Å². The monoisotopic (exact) mass is 258 g/mol. The van der Waals surface area contributed by atoms with Gasteiger partial charge in [-0.15, -0.1) is 0 Å². The highest BCUT2D eigenvalue weighted by atomic mass is 16.5. The Bertz CT molecular complexity index is 609. The first-order chi connectivity index (χ1) is 9.05. The fraction of sp³-hybridized carbons (Fsp3) is 0.333. The van der Waals surface area contributed by atoms with E-state index in [2.05, 4.69) is 16.0 Å². The third-order valence-electron chi connectivity index (χ3n) is 2.94. The Morgan fingerprint density at radius 2 is 1.84 bits per heavy atom. The van der Waals surface area contributed by atoms with E-state index in [-0.39, 0.29) is 6.61 Å². The Morgan fingerprint density at radius 3 is 2.47 bits per heavy atom. The van der Waals surface area contributed by atoms with Crippen molar-refractivity contribution in [2.24, 2.45) is 0 Å². The Morgan fingerprint density at radius 1 is 1.11 bits per heavy atom. The summed E-state index contributed by atoms with van der Waals surface area (Å²) < 4.78 is 5.48. The Hall–Kier alpha value is -1.94. The number of aryl methyl sites for hydroxylation is 3. The molecule has 0 spiro atoms. The summed E-state index contributed by atoms with van der Waals surface area (Å²) >= 11 is 0. The summed E-state index contributed by atoms with van der Waals surface area (Å²) in [7, 11) is 1.65. The number of hydrogen-bond acceptors (Lipinski definition) is 4. The predicted molar refractivity (Wildman–Crippen MR) is 74.2 cm³/mol. The first kappa shape index (κ1) is 13.5. The number of rotatable bonds is 3. The maximum Gasteiger partial charge on any atom is 0.154 e. The van der Waals surface area contributed by atoms with Crippen LogP contribution in [-0.4, -0.2) is 22.2 Å². The molecule has 100 valence electrons. The van der Waals surface area contributed by atoms with E-state index in [9.17, 15) is 5.11 Å². The molecule has 0 aliphatic heterocycles. The van der Waals surface area contributed by atoms with Crippen LogP contribution in [0.5, 0.6) is 5.75 Å². The van der Waals surface area contributed by atoms with Gasteiger partial charge in [0, 0.05) is 11.3 Å². The fourth-order valence-corrected chi connectivity index (χ4v) is 2.25. The number of methoxy groups -OCH3 is 1. The van der Waals surface area contributed by atoms with E-state index < -0.39 is 0 Å². The van der Waals surface area contributed by atoms with Crippen LogP contribution in [0.3, 0.4) is 0 Å². The molecule has 2 rings (SSSR count). The van der Waals surface area contributed by atoms with Gasteiger partial charge in [0.25, 0.3) is 0 Å². The zero-order valence-electron chi connectivity index (χ0n) is 11.7. The van der Waals surface area contributed by atoms with Crippen molar-refractivity contribution in [2.45, 2.75) is 27.4 Å². The lowest BCUT2D eigenvalue weighted by molar-refractivity contribution is 0.271. The summed E-state index contributed by atoms with van der Waals surface area (Å²) in [6.07, 6.45) is 0. The molecule has 0 fully saturated rings. The van der Waals surface area contributed by atoms with Crippen LogP contribution in [0.25, 0.3) is 11.3 Å². The molecule has 0 saturated carbocycles. The van der Waals surface area contributed by atoms with Gasteiger partial charge in [-0.3, -0.25) is 0 Å². The Labute approximate surface area is 113 Å². The van der Waals surface area contributed by atoms with Gasteiger partial charge in [-0.25, -0.2) is 9.97 Å². The molecular formula is C15H18N2O2. The Balaban J connectivity index is 2.67. The molecule has 1 N–H and O–H groups in total. The van der Waals surface area contributed by atoms with Crippen molar-refractivity contribution in [1.82, 2.24) is 9.97 Å². The molecule has 0 saturated heterocycles. The molecular weight excluding hydrogens is 240 g/mol. The van der Waals surface area contributed by atoms with Gasteiger partial charge >= 0.3 is 0 Å². The van der Waals surface area contributed by atoms with Crippen molar-refractivity contribution < 1.29 is 9.84 Å². The smallest absolute Gasteiger partial charge is 0.154 e. The number of nitrogens with zero attached hydrogens (tertiary/aromatic N) is 2. The van der Waals surface area contributed by atoms with Gasteiger partial charge in [0.15, 0.2) is 5.82 Å². The molecule has 0 radical (unpaired) electrons. The average Bonchev–Trinajstić information content (AvgIpc) is 2.37. The van der Waals surface area contributed by atoms with E-state index in [1.54, 1.807) is 7.11 Å². The third kappa shape index (κ3) is 2.74. The molecule has 0 bridgehead atoms. The number of aromatic nitrogens is 2. The summed E-state index contributed by atoms with van der Waals surface area (Å²) in [5, 5.41) is 9.21. The topological polar surface area (TPSA) is 55.2 Å². The SMILES string of the molecule is COc1c(C)cc(C)cc1-c1cc(C)nc(CO)n1. The van der Waals surface area contributed by atoms with Crippen LogP contribution in [-0.2, 0) is 6.61 Å². The molecule has 0 amide bonds. The van der Waals surface area contributed by atoms with Crippen molar-refractivity contribution in [1.29, 1.82) is 0 Å². The molecule has 0 aliphatic carbocycles. The van der Waals surface area contributed by atoms with Crippen LogP contribution in [0, 0.1) is 20.8 Å². The summed E-state index contributed by atoms with van der Waals surface area (Å²) in [6, 6.07) is 6.01. The molecule has 4 nitrogen and oxygen atoms in total. The largest absolute Gasteiger partial charge is 0.496 e. The highest BCUT2D eigenvalue weighted by Crippen LogP contribution is 2.33. The molecule has 0 unspecified atom stereocenters. The maximum atomic E-state index is 9.21. The minimum atomic E-state index is -0.165. The van der Waals surface area contributed by atoms with E-state index >= 15 is 0 Å². The zero-order valence-corrected chi connectivity index (χ0v) is 11.7. The molecule has 19 heavy (non-hydrogen) atoms. The molecule has 2 aromatic rings. The first-order valence-electron chi connectivity index (χ1n) is 6.16. The second kappa shape index (κ2) is 5.36. The number of aliphatic hydroxyl groups excluding tert-OH is 1. The van der Waals surface area contributed by atoms with Crippen LogP contribution in [0.15, 0.2) is 18.2 Å². The summed E-state index contributed by atoms with van der Waals surface area (Å²) in [5.41, 5.74) is 4.75. The second-order valence-electron chi connectivity index (χ2n) is 4.63. The lowest BCUT2D eigenvalue weighted by Crippen LogP contribution is -2.00. The summed E-state index contributed by atoms with van der Waals surface area (Å²) in [5.74, 6) is 1.24. The minimum Gasteiger partial charge on any atom is -0.496 e. The highest BCUT2D eigenvalue weighted by Gasteiger charge is 2.12. The van der Waals surface area contributed by atoms with E-state index in [1.807, 2.05) is 32.9 Å². The van der Waals surface area contributed by atoms with Gasteiger partial charge in [-0.05, 0) is 44.0 Å². The summed E-state index contributed by atoms with van der Waals surface area (Å²) in [6.45, 7) is 5.77. The first-order valence-corrected chi connectivity index (χ1v) is 6.16. The summed E-state index contributed by atoms with van der Waals surface area (Å²) in [4.78, 5) is 8.55. The van der Waals surface area contributed by atoms with Crippen molar-refractivity contribution >= 4 is 0 Å². The molecule has 1 aromatic heterocycles. The van der Waals surface area contributed by atoms with Crippen LogP contribution < -0.4 is 4.74 Å². The minimum absolute atomic E-state index is 0.165. The zero-order chi connectivity index (χ0) is 14.0. The van der Waals surface area contributed by atoms with Gasteiger partial charge in [0.2, 0.25) is 0 Å². The molecule has 1 heterocycles. The third-order valence-corrected chi connectivity index (χ3v) is 2.94. The van der Waals surface area contributed by atoms with E-state index in [1.165, 1.54) is 0 Å². The van der Waals surface area contributed by atoms with Crippen LogP contribution in [0.2, 0.25) is 0 Å². The number of ether oxygens (including phenoxy) is 1. The van der Waals surface area contributed by atoms with E-state index in [4.69, 9.17) is 4.74 Å². The second-order valence-corrected chi connectivity index (χ2v) is 4.63. The van der Waals surface area contributed by atoms with Gasteiger partial charge in [-0.2, -0.15) is 0 Å². The van der Waals surface area contributed by atoms with Gasteiger partial charge in [0.05, 0.1) is 12.8 Å². The fourth-order valence-electron chi connectivity index (χ4n) is 2.25. The lowest BCUT2D eigenvalue weighted by Gasteiger charge is -2.13.